The van der Waals surface area contributed by atoms with Gasteiger partial charge in [-0.2, -0.15) is 9.78 Å². The molecule has 0 aliphatic heterocycles. The van der Waals surface area contributed by atoms with E-state index in [4.69, 9.17) is 0 Å². The SMILES string of the molecule is Cc1cc(C)cc(-n2nc(C(=O)/C=C/N(C)C)c(=O)n(C)c2=O)c1. The maximum Gasteiger partial charge on any atom is 0.351 e. The number of aryl methyl sites for hydroxylation is 2. The molecular weight excluding hydrogens is 308 g/mol. The van der Waals surface area contributed by atoms with Crippen molar-refractivity contribution < 1.29 is 4.79 Å². The number of benzene rings is 1. The van der Waals surface area contributed by atoms with E-state index in [9.17, 15) is 14.4 Å². The normalized spacial score (nSPS) is 11.0. The fourth-order valence-electron chi connectivity index (χ4n) is 2.26. The Balaban J connectivity index is 2.69. The monoisotopic (exact) mass is 328 g/mol. The maximum atomic E-state index is 12.4. The van der Waals surface area contributed by atoms with Crippen LogP contribution in [-0.2, 0) is 7.05 Å². The summed E-state index contributed by atoms with van der Waals surface area (Å²) in [7, 11) is 4.84. The van der Waals surface area contributed by atoms with Gasteiger partial charge in [0.25, 0.3) is 5.56 Å². The second kappa shape index (κ2) is 6.66. The number of carbonyl (C=O) groups is 1. The molecule has 7 heteroatoms. The molecule has 0 fully saturated rings. The zero-order chi connectivity index (χ0) is 18.0. The van der Waals surface area contributed by atoms with E-state index in [0.717, 1.165) is 20.4 Å². The first-order valence-corrected chi connectivity index (χ1v) is 7.38. The van der Waals surface area contributed by atoms with Crippen LogP contribution >= 0.6 is 0 Å². The Labute approximate surface area is 139 Å². The van der Waals surface area contributed by atoms with E-state index in [1.54, 1.807) is 31.1 Å². The second-order valence-corrected chi connectivity index (χ2v) is 5.90. The second-order valence-electron chi connectivity index (χ2n) is 5.90. The van der Waals surface area contributed by atoms with Gasteiger partial charge in [0.1, 0.15) is 0 Å². The molecule has 2 aromatic rings. The Hall–Kier alpha value is -2.96. The summed E-state index contributed by atoms with van der Waals surface area (Å²) in [5, 5.41) is 4.01. The molecule has 0 radical (unpaired) electrons. The zero-order valence-corrected chi connectivity index (χ0v) is 14.4. The van der Waals surface area contributed by atoms with Gasteiger partial charge in [0.2, 0.25) is 5.78 Å². The molecule has 0 unspecified atom stereocenters. The van der Waals surface area contributed by atoms with E-state index in [1.807, 2.05) is 19.9 Å². The molecule has 126 valence electrons. The topological polar surface area (TPSA) is 77.2 Å². The molecule has 0 amide bonds. The summed E-state index contributed by atoms with van der Waals surface area (Å²) >= 11 is 0. The highest BCUT2D eigenvalue weighted by Gasteiger charge is 2.17. The van der Waals surface area contributed by atoms with Crippen molar-refractivity contribution in [1.29, 1.82) is 0 Å². The molecule has 2 rings (SSSR count). The van der Waals surface area contributed by atoms with Crippen molar-refractivity contribution in [2.24, 2.45) is 7.05 Å². The van der Waals surface area contributed by atoms with Crippen molar-refractivity contribution in [3.8, 4) is 5.69 Å². The first kappa shape index (κ1) is 17.4. The summed E-state index contributed by atoms with van der Waals surface area (Å²) in [4.78, 5) is 38.5. The fraction of sp³-hybridized carbons (Fsp3) is 0.294. The van der Waals surface area contributed by atoms with Crippen molar-refractivity contribution in [2.45, 2.75) is 13.8 Å². The van der Waals surface area contributed by atoms with Crippen molar-refractivity contribution in [2.75, 3.05) is 14.1 Å². The van der Waals surface area contributed by atoms with Gasteiger partial charge in [0, 0.05) is 33.4 Å². The summed E-state index contributed by atoms with van der Waals surface area (Å²) in [5.74, 6) is -0.553. The van der Waals surface area contributed by atoms with E-state index in [1.165, 1.54) is 19.3 Å². The molecule has 1 aromatic heterocycles. The summed E-state index contributed by atoms with van der Waals surface area (Å²) in [6, 6.07) is 5.51. The predicted octanol–water partition coefficient (Wildman–Crippen LogP) is 0.806. The van der Waals surface area contributed by atoms with Crippen molar-refractivity contribution in [3.05, 3.63) is 68.1 Å². The Morgan fingerprint density at radius 1 is 1.12 bits per heavy atom. The van der Waals surface area contributed by atoms with E-state index in [2.05, 4.69) is 5.10 Å². The molecule has 0 spiro atoms. The highest BCUT2D eigenvalue weighted by molar-refractivity contribution is 6.02. The predicted molar refractivity (Wildman–Crippen MR) is 91.7 cm³/mol. The van der Waals surface area contributed by atoms with Crippen molar-refractivity contribution in [3.63, 3.8) is 0 Å². The van der Waals surface area contributed by atoms with Crippen LogP contribution in [0.2, 0.25) is 0 Å². The summed E-state index contributed by atoms with van der Waals surface area (Å²) in [6.45, 7) is 3.80. The lowest BCUT2D eigenvalue weighted by Gasteiger charge is -2.10. The molecule has 0 bridgehead atoms. The van der Waals surface area contributed by atoms with Crippen LogP contribution in [0.5, 0.6) is 0 Å². The van der Waals surface area contributed by atoms with Gasteiger partial charge < -0.3 is 4.90 Å². The lowest BCUT2D eigenvalue weighted by Crippen LogP contribution is -2.42. The van der Waals surface area contributed by atoms with Crippen LogP contribution < -0.4 is 11.2 Å². The molecule has 0 aliphatic rings. The van der Waals surface area contributed by atoms with Crippen LogP contribution in [0.3, 0.4) is 0 Å². The minimum absolute atomic E-state index is 0.297. The minimum atomic E-state index is -0.714. The molecule has 24 heavy (non-hydrogen) atoms. The summed E-state index contributed by atoms with van der Waals surface area (Å²) in [5.41, 5.74) is 0.807. The van der Waals surface area contributed by atoms with Crippen LogP contribution in [0.25, 0.3) is 5.69 Å². The Kier molecular flexibility index (Phi) is 4.82. The van der Waals surface area contributed by atoms with Crippen molar-refractivity contribution in [1.82, 2.24) is 19.2 Å². The molecule has 0 aliphatic carbocycles. The number of rotatable bonds is 4. The van der Waals surface area contributed by atoms with Gasteiger partial charge in [0.05, 0.1) is 5.69 Å². The van der Waals surface area contributed by atoms with Gasteiger partial charge in [-0.3, -0.25) is 14.2 Å². The highest BCUT2D eigenvalue weighted by atomic mass is 16.2. The van der Waals surface area contributed by atoms with Crippen LogP contribution in [0.15, 0.2) is 40.1 Å². The first-order valence-electron chi connectivity index (χ1n) is 7.38. The fourth-order valence-corrected chi connectivity index (χ4v) is 2.26. The van der Waals surface area contributed by atoms with Crippen LogP contribution in [0.1, 0.15) is 21.6 Å². The molecule has 7 nitrogen and oxygen atoms in total. The molecule has 0 saturated heterocycles. The number of ketones is 1. The van der Waals surface area contributed by atoms with E-state index >= 15 is 0 Å². The largest absolute Gasteiger partial charge is 0.383 e. The van der Waals surface area contributed by atoms with Gasteiger partial charge in [-0.1, -0.05) is 6.07 Å². The maximum absolute atomic E-state index is 12.4. The molecule has 0 atom stereocenters. The number of carbonyl (C=O) groups excluding carboxylic acids is 1. The average Bonchev–Trinajstić information content (AvgIpc) is 2.49. The Bertz CT molecular complexity index is 916. The number of allylic oxidation sites excluding steroid dienone is 1. The van der Waals surface area contributed by atoms with Crippen molar-refractivity contribution >= 4 is 5.78 Å². The summed E-state index contributed by atoms with van der Waals surface area (Å²) in [6.07, 6.45) is 2.77. The van der Waals surface area contributed by atoms with Gasteiger partial charge in [-0.05, 0) is 37.1 Å². The van der Waals surface area contributed by atoms with Gasteiger partial charge in [-0.25, -0.2) is 4.79 Å². The minimum Gasteiger partial charge on any atom is -0.383 e. The molecular formula is C17H20N4O3. The standard InChI is InChI=1S/C17H20N4O3/c1-11-8-12(2)10-13(9-11)21-17(24)20(5)16(23)15(18-21)14(22)6-7-19(3)4/h6-10H,1-5H3/b7-6+. The zero-order valence-electron chi connectivity index (χ0n) is 14.4. The van der Waals surface area contributed by atoms with Gasteiger partial charge in [0.15, 0.2) is 5.69 Å². The molecule has 1 heterocycles. The number of nitrogens with zero attached hydrogens (tertiary/aromatic N) is 4. The lowest BCUT2D eigenvalue weighted by atomic mass is 10.1. The van der Waals surface area contributed by atoms with Crippen LogP contribution in [0.4, 0.5) is 0 Å². The molecule has 0 N–H and O–H groups in total. The third kappa shape index (κ3) is 3.51. The molecule has 1 aromatic carbocycles. The summed E-state index contributed by atoms with van der Waals surface area (Å²) < 4.78 is 1.97. The average molecular weight is 328 g/mol. The Morgan fingerprint density at radius 2 is 1.71 bits per heavy atom. The van der Waals surface area contributed by atoms with Crippen LogP contribution in [-0.4, -0.2) is 39.1 Å². The smallest absolute Gasteiger partial charge is 0.351 e. The molecule has 0 saturated carbocycles. The number of aromatic nitrogens is 3. The third-order valence-corrected chi connectivity index (χ3v) is 3.38. The van der Waals surface area contributed by atoms with E-state index in [0.29, 0.717) is 5.69 Å². The van der Waals surface area contributed by atoms with E-state index < -0.39 is 17.0 Å². The van der Waals surface area contributed by atoms with E-state index in [-0.39, 0.29) is 5.69 Å². The van der Waals surface area contributed by atoms with Gasteiger partial charge >= 0.3 is 5.69 Å². The number of hydrogen-bond acceptors (Lipinski definition) is 5. The quantitative estimate of drug-likeness (QED) is 0.613. The number of hydrogen-bond donors (Lipinski definition) is 0. The lowest BCUT2D eigenvalue weighted by molar-refractivity contribution is 0.103. The highest BCUT2D eigenvalue weighted by Crippen LogP contribution is 2.11. The van der Waals surface area contributed by atoms with Gasteiger partial charge in [-0.15, -0.1) is 0 Å². The third-order valence-electron chi connectivity index (χ3n) is 3.38. The van der Waals surface area contributed by atoms with Crippen LogP contribution in [0, 0.1) is 13.8 Å². The Morgan fingerprint density at radius 3 is 2.25 bits per heavy atom. The first-order chi connectivity index (χ1) is 11.2.